The molecule has 0 bridgehead atoms. The lowest BCUT2D eigenvalue weighted by atomic mass is 10.1. The van der Waals surface area contributed by atoms with Gasteiger partial charge in [-0.3, -0.25) is 4.40 Å². The van der Waals surface area contributed by atoms with E-state index in [2.05, 4.69) is 47.0 Å². The summed E-state index contributed by atoms with van der Waals surface area (Å²) in [6.07, 6.45) is 6.02. The fourth-order valence-corrected chi connectivity index (χ4v) is 3.37. The maximum absolute atomic E-state index is 4.90. The fraction of sp³-hybridized carbons (Fsp3) is 0.688. The van der Waals surface area contributed by atoms with Gasteiger partial charge in [0.15, 0.2) is 10.8 Å². The Morgan fingerprint density at radius 1 is 1.48 bits per heavy atom. The van der Waals surface area contributed by atoms with Crippen molar-refractivity contribution >= 4 is 22.1 Å². The number of anilines is 1. The Morgan fingerprint density at radius 2 is 2.29 bits per heavy atom. The number of nitrogens with zero attached hydrogens (tertiary/aromatic N) is 3. The van der Waals surface area contributed by atoms with Gasteiger partial charge >= 0.3 is 0 Å². The van der Waals surface area contributed by atoms with Crippen molar-refractivity contribution in [2.75, 3.05) is 18.0 Å². The molecule has 1 unspecified atom stereocenters. The van der Waals surface area contributed by atoms with E-state index in [9.17, 15) is 0 Å². The SMILES string of the molecule is CCC(C)CN(CC)c1nc2sccn2c1CNC1CC1. The van der Waals surface area contributed by atoms with Crippen molar-refractivity contribution in [3.8, 4) is 0 Å². The first-order valence-electron chi connectivity index (χ1n) is 8.15. The molecule has 1 fully saturated rings. The van der Waals surface area contributed by atoms with Gasteiger partial charge in [0, 0.05) is 37.3 Å². The molecule has 2 aromatic rings. The second-order valence-electron chi connectivity index (χ2n) is 6.14. The summed E-state index contributed by atoms with van der Waals surface area (Å²) in [5.41, 5.74) is 1.32. The number of thiazole rings is 1. The number of fused-ring (bicyclic) bond motifs is 1. The topological polar surface area (TPSA) is 32.6 Å². The van der Waals surface area contributed by atoms with Gasteiger partial charge in [-0.2, -0.15) is 0 Å². The van der Waals surface area contributed by atoms with Crippen LogP contribution in [0, 0.1) is 5.92 Å². The zero-order chi connectivity index (χ0) is 14.8. The van der Waals surface area contributed by atoms with E-state index in [1.54, 1.807) is 11.3 Å². The average Bonchev–Trinajstić information content (AvgIpc) is 3.10. The van der Waals surface area contributed by atoms with Gasteiger partial charge < -0.3 is 10.2 Å². The van der Waals surface area contributed by atoms with Gasteiger partial charge in [-0.25, -0.2) is 4.98 Å². The molecule has 0 aromatic carbocycles. The fourth-order valence-electron chi connectivity index (χ4n) is 2.64. The quantitative estimate of drug-likeness (QED) is 0.810. The number of hydrogen-bond donors (Lipinski definition) is 1. The van der Waals surface area contributed by atoms with Gasteiger partial charge in [0.25, 0.3) is 0 Å². The second-order valence-corrected chi connectivity index (χ2v) is 7.02. The lowest BCUT2D eigenvalue weighted by Gasteiger charge is -2.25. The Hall–Kier alpha value is -1.07. The van der Waals surface area contributed by atoms with E-state index in [0.29, 0.717) is 5.92 Å². The van der Waals surface area contributed by atoms with Crippen LogP contribution in [0.15, 0.2) is 11.6 Å². The zero-order valence-electron chi connectivity index (χ0n) is 13.3. The third kappa shape index (κ3) is 3.24. The van der Waals surface area contributed by atoms with Gasteiger partial charge in [-0.15, -0.1) is 11.3 Å². The van der Waals surface area contributed by atoms with Crippen LogP contribution in [-0.4, -0.2) is 28.5 Å². The molecule has 3 rings (SSSR count). The van der Waals surface area contributed by atoms with Crippen LogP contribution in [0.5, 0.6) is 0 Å². The largest absolute Gasteiger partial charge is 0.355 e. The highest BCUT2D eigenvalue weighted by Crippen LogP contribution is 2.27. The molecule has 1 atom stereocenters. The summed E-state index contributed by atoms with van der Waals surface area (Å²) < 4.78 is 2.26. The van der Waals surface area contributed by atoms with Gasteiger partial charge in [0.05, 0.1) is 5.69 Å². The Kier molecular flexibility index (Phi) is 4.50. The van der Waals surface area contributed by atoms with E-state index in [0.717, 1.165) is 30.6 Å². The van der Waals surface area contributed by atoms with Gasteiger partial charge in [0.2, 0.25) is 0 Å². The Bertz CT molecular complexity index is 584. The van der Waals surface area contributed by atoms with E-state index in [1.165, 1.54) is 30.8 Å². The van der Waals surface area contributed by atoms with Crippen LogP contribution in [-0.2, 0) is 6.54 Å². The highest BCUT2D eigenvalue weighted by atomic mass is 32.1. The first-order valence-corrected chi connectivity index (χ1v) is 9.03. The molecule has 1 aliphatic rings. The molecule has 1 aliphatic carbocycles. The molecule has 116 valence electrons. The van der Waals surface area contributed by atoms with E-state index >= 15 is 0 Å². The molecule has 0 spiro atoms. The van der Waals surface area contributed by atoms with Crippen molar-refractivity contribution in [3.05, 3.63) is 17.3 Å². The minimum absolute atomic E-state index is 0.703. The molecular formula is C16H26N4S. The van der Waals surface area contributed by atoms with Crippen molar-refractivity contribution in [3.63, 3.8) is 0 Å². The third-order valence-corrected chi connectivity index (χ3v) is 5.14. The minimum atomic E-state index is 0.703. The summed E-state index contributed by atoms with van der Waals surface area (Å²) in [4.78, 5) is 8.45. The summed E-state index contributed by atoms with van der Waals surface area (Å²) in [6.45, 7) is 9.85. The normalized spacial score (nSPS) is 16.5. The van der Waals surface area contributed by atoms with Crippen LogP contribution >= 0.6 is 11.3 Å². The highest BCUT2D eigenvalue weighted by molar-refractivity contribution is 7.15. The molecule has 2 aromatic heterocycles. The smallest absolute Gasteiger partial charge is 0.195 e. The van der Waals surface area contributed by atoms with E-state index in [-0.39, 0.29) is 0 Å². The Morgan fingerprint density at radius 3 is 2.95 bits per heavy atom. The third-order valence-electron chi connectivity index (χ3n) is 4.39. The van der Waals surface area contributed by atoms with E-state index in [1.807, 2.05) is 0 Å². The molecule has 2 heterocycles. The standard InChI is InChI=1S/C16H26N4S/c1-4-12(3)11-19(5-2)15-14(10-17-13-6-7-13)20-8-9-21-16(20)18-15/h8-9,12-13,17H,4-7,10-11H2,1-3H3. The zero-order valence-corrected chi connectivity index (χ0v) is 14.1. The van der Waals surface area contributed by atoms with E-state index < -0.39 is 0 Å². The van der Waals surface area contributed by atoms with Crippen molar-refractivity contribution in [1.29, 1.82) is 0 Å². The molecule has 21 heavy (non-hydrogen) atoms. The average molecular weight is 306 g/mol. The highest BCUT2D eigenvalue weighted by Gasteiger charge is 2.24. The number of imidazole rings is 1. The molecule has 5 heteroatoms. The Balaban J connectivity index is 1.86. The monoisotopic (exact) mass is 306 g/mol. The van der Waals surface area contributed by atoms with Crippen LogP contribution in [0.25, 0.3) is 4.96 Å². The molecule has 0 amide bonds. The molecular weight excluding hydrogens is 280 g/mol. The molecule has 4 nitrogen and oxygen atoms in total. The Labute approximate surface area is 131 Å². The maximum Gasteiger partial charge on any atom is 0.195 e. The van der Waals surface area contributed by atoms with Gasteiger partial charge in [0.1, 0.15) is 0 Å². The predicted octanol–water partition coefficient (Wildman–Crippen LogP) is 3.52. The van der Waals surface area contributed by atoms with Crippen molar-refractivity contribution in [2.24, 2.45) is 5.92 Å². The van der Waals surface area contributed by atoms with Crippen molar-refractivity contribution < 1.29 is 0 Å². The maximum atomic E-state index is 4.90. The second kappa shape index (κ2) is 6.36. The number of rotatable bonds is 8. The van der Waals surface area contributed by atoms with Gasteiger partial charge in [-0.05, 0) is 25.7 Å². The summed E-state index contributed by atoms with van der Waals surface area (Å²) in [5.74, 6) is 1.88. The molecule has 1 saturated carbocycles. The van der Waals surface area contributed by atoms with Crippen LogP contribution < -0.4 is 10.2 Å². The first kappa shape index (κ1) is 14.9. The molecule has 0 aliphatic heterocycles. The molecule has 1 N–H and O–H groups in total. The van der Waals surface area contributed by atoms with Gasteiger partial charge in [-0.1, -0.05) is 20.3 Å². The predicted molar refractivity (Wildman–Crippen MR) is 90.3 cm³/mol. The number of hydrogen-bond acceptors (Lipinski definition) is 4. The van der Waals surface area contributed by atoms with Crippen LogP contribution in [0.3, 0.4) is 0 Å². The summed E-state index contributed by atoms with van der Waals surface area (Å²) in [7, 11) is 0. The molecule has 0 radical (unpaired) electrons. The van der Waals surface area contributed by atoms with E-state index in [4.69, 9.17) is 4.98 Å². The number of nitrogens with one attached hydrogen (secondary N) is 1. The van der Waals surface area contributed by atoms with Crippen molar-refractivity contribution in [1.82, 2.24) is 14.7 Å². The molecule has 0 saturated heterocycles. The van der Waals surface area contributed by atoms with Crippen LogP contribution in [0.2, 0.25) is 0 Å². The summed E-state index contributed by atoms with van der Waals surface area (Å²) >= 11 is 1.72. The first-order chi connectivity index (χ1) is 10.2. The van der Waals surface area contributed by atoms with Crippen molar-refractivity contribution in [2.45, 2.75) is 52.6 Å². The summed E-state index contributed by atoms with van der Waals surface area (Å²) in [5, 5.41) is 5.77. The summed E-state index contributed by atoms with van der Waals surface area (Å²) in [6, 6.07) is 0.728. The van der Waals surface area contributed by atoms with Crippen LogP contribution in [0.1, 0.15) is 45.7 Å². The lowest BCUT2D eigenvalue weighted by molar-refractivity contribution is 0.544. The minimum Gasteiger partial charge on any atom is -0.355 e. The van der Waals surface area contributed by atoms with Crippen LogP contribution in [0.4, 0.5) is 5.82 Å². The number of aromatic nitrogens is 2. The lowest BCUT2D eigenvalue weighted by Crippen LogP contribution is -2.30.